The number of nitrogens with zero attached hydrogens (tertiary/aromatic N) is 3. The number of imidazole rings is 1. The Morgan fingerprint density at radius 3 is 2.47 bits per heavy atom. The van der Waals surface area contributed by atoms with Gasteiger partial charge in [0.1, 0.15) is 23.7 Å². The van der Waals surface area contributed by atoms with Crippen LogP contribution >= 0.6 is 0 Å². The summed E-state index contributed by atoms with van der Waals surface area (Å²) in [7, 11) is -3.87. The number of hydrogen-bond donors (Lipinski definition) is 2. The highest BCUT2D eigenvalue weighted by atomic mass is 32.2. The first-order valence-corrected chi connectivity index (χ1v) is 16.1. The van der Waals surface area contributed by atoms with Crippen molar-refractivity contribution in [2.75, 3.05) is 6.54 Å². The molecule has 0 bridgehead atoms. The fourth-order valence-corrected chi connectivity index (χ4v) is 6.58. The summed E-state index contributed by atoms with van der Waals surface area (Å²) in [5, 5.41) is 2.78. The molecule has 2 heterocycles. The Kier molecular flexibility index (Phi) is 9.86. The van der Waals surface area contributed by atoms with E-state index in [9.17, 15) is 18.0 Å². The number of nitrogens with one attached hydrogen (secondary N) is 2. The quantitative estimate of drug-likeness (QED) is 0.235. The normalized spacial score (nSPS) is 12.1. The van der Waals surface area contributed by atoms with Gasteiger partial charge >= 0.3 is 0 Å². The third-order valence-corrected chi connectivity index (χ3v) is 8.72. The van der Waals surface area contributed by atoms with E-state index in [1.165, 1.54) is 16.7 Å². The minimum absolute atomic E-state index is 0.0501. The van der Waals surface area contributed by atoms with Gasteiger partial charge in [0.05, 0.1) is 17.0 Å². The van der Waals surface area contributed by atoms with Gasteiger partial charge in [-0.15, -0.1) is 0 Å². The molecule has 0 unspecified atom stereocenters. The van der Waals surface area contributed by atoms with Crippen LogP contribution in [0.25, 0.3) is 22.2 Å². The predicted molar refractivity (Wildman–Crippen MR) is 167 cm³/mol. The number of carbonyl (C=O) groups excluding carboxylic acids is 1. The van der Waals surface area contributed by atoms with E-state index in [-0.39, 0.29) is 29.5 Å². The second-order valence-electron chi connectivity index (χ2n) is 11.7. The number of amides is 1. The molecule has 4 rings (SSSR count). The van der Waals surface area contributed by atoms with Crippen molar-refractivity contribution in [1.29, 1.82) is 0 Å². The van der Waals surface area contributed by atoms with Crippen molar-refractivity contribution in [1.82, 2.24) is 24.2 Å². The highest BCUT2D eigenvalue weighted by Crippen LogP contribution is 2.30. The van der Waals surface area contributed by atoms with E-state index in [1.54, 1.807) is 67.9 Å². The lowest BCUT2D eigenvalue weighted by Crippen LogP contribution is -2.40. The molecule has 2 aromatic carbocycles. The maximum atomic E-state index is 15.7. The Morgan fingerprint density at radius 2 is 1.79 bits per heavy atom. The monoisotopic (exact) mass is 609 g/mol. The molecule has 0 atom stereocenters. The number of sulfonamides is 1. The van der Waals surface area contributed by atoms with Gasteiger partial charge in [0.25, 0.3) is 5.56 Å². The molecule has 2 aromatic heterocycles. The summed E-state index contributed by atoms with van der Waals surface area (Å²) < 4.78 is 47.8. The van der Waals surface area contributed by atoms with E-state index in [0.29, 0.717) is 46.5 Å². The van der Waals surface area contributed by atoms with Crippen molar-refractivity contribution in [2.24, 2.45) is 0 Å². The zero-order chi connectivity index (χ0) is 31.4. The molecule has 0 fully saturated rings. The second kappa shape index (κ2) is 13.2. The first kappa shape index (κ1) is 32.1. The molecule has 1 amide bonds. The molecule has 0 aliphatic carbocycles. The van der Waals surface area contributed by atoms with Gasteiger partial charge in [-0.05, 0) is 57.4 Å². The van der Waals surface area contributed by atoms with Gasteiger partial charge in [0, 0.05) is 35.8 Å². The number of rotatable bonds is 12. The van der Waals surface area contributed by atoms with Crippen LogP contribution in [0.15, 0.2) is 64.4 Å². The second-order valence-corrected chi connectivity index (χ2v) is 13.4. The van der Waals surface area contributed by atoms with Gasteiger partial charge in [-0.25, -0.2) is 22.5 Å². The zero-order valence-electron chi connectivity index (χ0n) is 25.4. The van der Waals surface area contributed by atoms with Crippen molar-refractivity contribution in [3.05, 3.63) is 82.3 Å². The van der Waals surface area contributed by atoms with Crippen LogP contribution in [0.3, 0.4) is 0 Å². The molecule has 9 nitrogen and oxygen atoms in total. The van der Waals surface area contributed by atoms with Crippen LogP contribution in [0.4, 0.5) is 4.39 Å². The average Bonchev–Trinajstić information content (AvgIpc) is 3.29. The van der Waals surface area contributed by atoms with Crippen LogP contribution in [0.2, 0.25) is 0 Å². The summed E-state index contributed by atoms with van der Waals surface area (Å²) in [5.74, 6) is -0.135. The summed E-state index contributed by atoms with van der Waals surface area (Å²) in [6, 6.07) is 12.8. The van der Waals surface area contributed by atoms with Gasteiger partial charge in [-0.2, -0.15) is 0 Å². The fraction of sp³-hybridized carbons (Fsp3) is 0.406. The van der Waals surface area contributed by atoms with Gasteiger partial charge in [0.2, 0.25) is 15.9 Å². The number of benzene rings is 2. The minimum atomic E-state index is -3.87. The topological polar surface area (TPSA) is 115 Å². The summed E-state index contributed by atoms with van der Waals surface area (Å²) >= 11 is 0. The molecule has 230 valence electrons. The summed E-state index contributed by atoms with van der Waals surface area (Å²) in [4.78, 5) is 30.7. The average molecular weight is 610 g/mol. The lowest BCUT2D eigenvalue weighted by atomic mass is 10.0. The van der Waals surface area contributed by atoms with Crippen LogP contribution in [0.1, 0.15) is 65.3 Å². The first-order valence-electron chi connectivity index (χ1n) is 14.6. The molecule has 0 saturated carbocycles. The van der Waals surface area contributed by atoms with Crippen molar-refractivity contribution in [3.63, 3.8) is 0 Å². The molecule has 0 aliphatic heterocycles. The van der Waals surface area contributed by atoms with Gasteiger partial charge in [-0.1, -0.05) is 50.6 Å². The molecule has 2 N–H and O–H groups in total. The smallest absolute Gasteiger partial charge is 0.277 e. The van der Waals surface area contributed by atoms with Crippen LogP contribution in [0.5, 0.6) is 0 Å². The molecule has 43 heavy (non-hydrogen) atoms. The Morgan fingerprint density at radius 1 is 1.05 bits per heavy atom. The van der Waals surface area contributed by atoms with E-state index in [1.807, 2.05) is 6.92 Å². The third-order valence-electron chi connectivity index (χ3n) is 6.90. The van der Waals surface area contributed by atoms with Gasteiger partial charge < -0.3 is 14.5 Å². The predicted octanol–water partition coefficient (Wildman–Crippen LogP) is 5.00. The molecule has 11 heteroatoms. The Hall–Kier alpha value is -3.83. The molecular weight excluding hydrogens is 569 g/mol. The summed E-state index contributed by atoms with van der Waals surface area (Å²) in [6.07, 6.45) is 4.71. The maximum Gasteiger partial charge on any atom is 0.277 e. The number of pyridine rings is 1. The van der Waals surface area contributed by atoms with Crippen LogP contribution in [-0.2, 0) is 34.3 Å². The van der Waals surface area contributed by atoms with Gasteiger partial charge in [0.15, 0.2) is 0 Å². The van der Waals surface area contributed by atoms with E-state index in [2.05, 4.69) is 17.0 Å². The van der Waals surface area contributed by atoms with Crippen molar-refractivity contribution in [2.45, 2.75) is 83.8 Å². The third kappa shape index (κ3) is 7.58. The molecule has 0 saturated heterocycles. The zero-order valence-corrected chi connectivity index (χ0v) is 26.2. The SMILES string of the molecule is CCCCc1nc2ccn(CC(=O)NCCC)c(=O)c2n1Cc1ccc(-c2ccccc2S(=O)(=O)NC(C)(C)C)cc1F. The molecule has 0 spiro atoms. The standard InChI is InChI=1S/C32H40FN5O4S/c1-6-8-13-28-35-26-16-18-37(21-29(39)34-17-7-2)31(40)30(26)38(28)20-23-15-14-22(19-25(23)33)24-11-9-10-12-27(24)43(41,42)36-32(3,4)5/h9-12,14-16,18-19,36H,6-8,13,17,20-21H2,1-5H3,(H,34,39). The highest BCUT2D eigenvalue weighted by molar-refractivity contribution is 7.89. The number of unbranched alkanes of at least 4 members (excludes halogenated alkanes) is 1. The Bertz CT molecular complexity index is 1790. The fourth-order valence-electron chi connectivity index (χ4n) is 4.93. The first-order chi connectivity index (χ1) is 20.3. The van der Waals surface area contributed by atoms with Crippen molar-refractivity contribution >= 4 is 27.0 Å². The number of fused-ring (bicyclic) bond motifs is 1. The van der Waals surface area contributed by atoms with Crippen molar-refractivity contribution < 1.29 is 17.6 Å². The van der Waals surface area contributed by atoms with E-state index in [0.717, 1.165) is 19.3 Å². The lowest BCUT2D eigenvalue weighted by Gasteiger charge is -2.21. The summed E-state index contributed by atoms with van der Waals surface area (Å²) in [5.41, 5.74) is 0.853. The lowest BCUT2D eigenvalue weighted by molar-refractivity contribution is -0.121. The highest BCUT2D eigenvalue weighted by Gasteiger charge is 2.25. The maximum absolute atomic E-state index is 15.7. The molecule has 0 radical (unpaired) electrons. The minimum Gasteiger partial charge on any atom is -0.355 e. The Balaban J connectivity index is 1.74. The van der Waals surface area contributed by atoms with E-state index < -0.39 is 21.4 Å². The Labute approximate surface area is 252 Å². The van der Waals surface area contributed by atoms with Crippen LogP contribution < -0.4 is 15.6 Å². The van der Waals surface area contributed by atoms with E-state index in [4.69, 9.17) is 4.98 Å². The molecule has 4 aromatic rings. The molecular formula is C32H40FN5O4S. The van der Waals surface area contributed by atoms with Crippen molar-refractivity contribution in [3.8, 4) is 11.1 Å². The number of aryl methyl sites for hydroxylation is 1. The molecule has 0 aliphatic rings. The summed E-state index contributed by atoms with van der Waals surface area (Å²) in [6.45, 7) is 9.72. The number of carbonyl (C=O) groups is 1. The number of halogens is 1. The van der Waals surface area contributed by atoms with Gasteiger partial charge in [-0.3, -0.25) is 9.59 Å². The van der Waals surface area contributed by atoms with Crippen LogP contribution in [0, 0.1) is 5.82 Å². The largest absolute Gasteiger partial charge is 0.355 e. The number of hydrogen-bond acceptors (Lipinski definition) is 5. The van der Waals surface area contributed by atoms with Crippen LogP contribution in [-0.4, -0.2) is 40.5 Å². The number of aromatic nitrogens is 3. The van der Waals surface area contributed by atoms with E-state index >= 15 is 4.39 Å².